The first-order valence-corrected chi connectivity index (χ1v) is 13.0. The summed E-state index contributed by atoms with van der Waals surface area (Å²) in [6, 6.07) is 8.81. The molecular weight excluding hydrogens is 478 g/mol. The van der Waals surface area contributed by atoms with Crippen molar-refractivity contribution in [2.24, 2.45) is 5.92 Å². The van der Waals surface area contributed by atoms with Crippen molar-refractivity contribution >= 4 is 44.3 Å². The minimum Gasteiger partial charge on any atom is -0.460 e. The number of fused-ring (bicyclic) bond motifs is 2. The van der Waals surface area contributed by atoms with Crippen LogP contribution >= 0.6 is 11.3 Å². The summed E-state index contributed by atoms with van der Waals surface area (Å²) in [4.78, 5) is 32.5. The van der Waals surface area contributed by atoms with E-state index in [1.54, 1.807) is 42.3 Å². The fourth-order valence-corrected chi connectivity index (χ4v) is 5.61. The number of nitrogens with zero attached hydrogens (tertiary/aromatic N) is 2. The summed E-state index contributed by atoms with van der Waals surface area (Å²) in [5, 5.41) is 13.3. The molecule has 0 aliphatic carbocycles. The van der Waals surface area contributed by atoms with Gasteiger partial charge >= 0.3 is 0 Å². The second kappa shape index (κ2) is 9.91. The van der Waals surface area contributed by atoms with Gasteiger partial charge in [0.15, 0.2) is 0 Å². The molecule has 5 rings (SSSR count). The number of carbonyl (C=O) groups is 2. The number of ether oxygens (including phenoxy) is 1. The van der Waals surface area contributed by atoms with Crippen molar-refractivity contribution in [1.82, 2.24) is 15.2 Å². The zero-order valence-corrected chi connectivity index (χ0v) is 21.4. The van der Waals surface area contributed by atoms with Crippen LogP contribution in [-0.2, 0) is 0 Å². The van der Waals surface area contributed by atoms with Gasteiger partial charge in [0.1, 0.15) is 22.8 Å². The number of nitrogens with one attached hydrogen (secondary N) is 1. The monoisotopic (exact) mass is 507 g/mol. The molecule has 2 amide bonds. The third-order valence-electron chi connectivity index (χ3n) is 6.40. The highest BCUT2D eigenvalue weighted by Crippen LogP contribution is 2.37. The molecule has 1 atom stereocenters. The summed E-state index contributed by atoms with van der Waals surface area (Å²) in [5.41, 5.74) is 1.78. The predicted molar refractivity (Wildman–Crippen MR) is 139 cm³/mol. The predicted octanol–water partition coefficient (Wildman–Crippen LogP) is 5.13. The van der Waals surface area contributed by atoms with Gasteiger partial charge in [-0.1, -0.05) is 13.8 Å². The van der Waals surface area contributed by atoms with Gasteiger partial charge in [-0.05, 0) is 43.9 Å². The van der Waals surface area contributed by atoms with Gasteiger partial charge in [0.25, 0.3) is 11.8 Å². The number of hydrogen-bond donors (Lipinski definition) is 2. The summed E-state index contributed by atoms with van der Waals surface area (Å²) in [5.74, 6) is 1.81. The summed E-state index contributed by atoms with van der Waals surface area (Å²) < 4.78 is 12.8. The zero-order valence-electron chi connectivity index (χ0n) is 20.5. The van der Waals surface area contributed by atoms with E-state index in [0.717, 1.165) is 22.9 Å². The Morgan fingerprint density at radius 2 is 2.14 bits per heavy atom. The molecule has 1 saturated heterocycles. The average molecular weight is 508 g/mol. The SMILES string of the molecule is Cc1oc2cc(Oc3ccnc4cc(C(=O)N5CCCC5CO)sc34)ccc2c1C(=O)NCC(C)C. The third kappa shape index (κ3) is 4.56. The minimum atomic E-state index is -0.151. The molecule has 3 aromatic heterocycles. The maximum atomic E-state index is 13.1. The Morgan fingerprint density at radius 1 is 1.31 bits per heavy atom. The number of aliphatic hydroxyl groups is 1. The Balaban J connectivity index is 1.41. The molecule has 1 aromatic carbocycles. The Morgan fingerprint density at radius 3 is 2.92 bits per heavy atom. The van der Waals surface area contributed by atoms with Crippen LogP contribution in [0.4, 0.5) is 0 Å². The number of carbonyl (C=O) groups excluding carboxylic acids is 2. The van der Waals surface area contributed by atoms with Crippen LogP contribution in [0.2, 0.25) is 0 Å². The zero-order chi connectivity index (χ0) is 25.4. The van der Waals surface area contributed by atoms with E-state index in [4.69, 9.17) is 9.15 Å². The lowest BCUT2D eigenvalue weighted by Gasteiger charge is -2.22. The molecule has 4 heterocycles. The maximum Gasteiger partial charge on any atom is 0.264 e. The van der Waals surface area contributed by atoms with Crippen molar-refractivity contribution in [1.29, 1.82) is 0 Å². The van der Waals surface area contributed by atoms with Gasteiger partial charge in [0.05, 0.1) is 33.3 Å². The molecule has 0 bridgehead atoms. The van der Waals surface area contributed by atoms with Crippen LogP contribution in [0.5, 0.6) is 11.5 Å². The molecule has 0 spiro atoms. The maximum absolute atomic E-state index is 13.1. The van der Waals surface area contributed by atoms with Crippen LogP contribution in [-0.4, -0.2) is 52.5 Å². The number of thiophene rings is 1. The second-order valence-electron chi connectivity index (χ2n) is 9.51. The fourth-order valence-electron chi connectivity index (χ4n) is 4.59. The quantitative estimate of drug-likeness (QED) is 0.360. The Bertz CT molecular complexity index is 1440. The summed E-state index contributed by atoms with van der Waals surface area (Å²) in [6.07, 6.45) is 3.36. The molecule has 0 saturated carbocycles. The molecule has 1 unspecified atom stereocenters. The van der Waals surface area contributed by atoms with Crippen molar-refractivity contribution < 1.29 is 23.8 Å². The lowest BCUT2D eigenvalue weighted by atomic mass is 10.1. The van der Waals surface area contributed by atoms with Gasteiger partial charge in [0.2, 0.25) is 0 Å². The lowest BCUT2D eigenvalue weighted by molar-refractivity contribution is 0.0682. The van der Waals surface area contributed by atoms with Crippen LogP contribution in [0, 0.1) is 12.8 Å². The lowest BCUT2D eigenvalue weighted by Crippen LogP contribution is -2.37. The van der Waals surface area contributed by atoms with Gasteiger partial charge in [-0.25, -0.2) is 0 Å². The molecule has 9 heteroatoms. The molecule has 188 valence electrons. The van der Waals surface area contributed by atoms with Gasteiger partial charge in [-0.2, -0.15) is 0 Å². The Labute approximate surface area is 212 Å². The molecule has 8 nitrogen and oxygen atoms in total. The summed E-state index contributed by atoms with van der Waals surface area (Å²) >= 11 is 1.34. The fraction of sp³-hybridized carbons (Fsp3) is 0.370. The van der Waals surface area contributed by atoms with Gasteiger partial charge in [0, 0.05) is 36.8 Å². The number of aromatic nitrogens is 1. The summed E-state index contributed by atoms with van der Waals surface area (Å²) in [6.45, 7) is 7.08. The van der Waals surface area contributed by atoms with Crippen LogP contribution in [0.3, 0.4) is 0 Å². The van der Waals surface area contributed by atoms with E-state index >= 15 is 0 Å². The van der Waals surface area contributed by atoms with E-state index in [2.05, 4.69) is 10.3 Å². The van der Waals surface area contributed by atoms with Crippen LogP contribution < -0.4 is 10.1 Å². The topological polar surface area (TPSA) is 105 Å². The van der Waals surface area contributed by atoms with E-state index in [9.17, 15) is 14.7 Å². The van der Waals surface area contributed by atoms with Crippen LogP contribution in [0.25, 0.3) is 21.2 Å². The van der Waals surface area contributed by atoms with Gasteiger partial charge in [-0.3, -0.25) is 14.6 Å². The van der Waals surface area contributed by atoms with Gasteiger partial charge in [-0.15, -0.1) is 11.3 Å². The van der Waals surface area contributed by atoms with Crippen molar-refractivity contribution in [2.45, 2.75) is 39.7 Å². The number of aryl methyl sites for hydroxylation is 1. The largest absolute Gasteiger partial charge is 0.460 e. The van der Waals surface area contributed by atoms with E-state index in [1.165, 1.54) is 11.3 Å². The van der Waals surface area contributed by atoms with E-state index in [1.807, 2.05) is 19.9 Å². The number of aliphatic hydroxyl groups excluding tert-OH is 1. The summed E-state index contributed by atoms with van der Waals surface area (Å²) in [7, 11) is 0. The van der Waals surface area contributed by atoms with Crippen LogP contribution in [0.1, 0.15) is 52.5 Å². The first-order chi connectivity index (χ1) is 17.4. The molecule has 1 aliphatic heterocycles. The van der Waals surface area contributed by atoms with Crippen molar-refractivity contribution in [2.75, 3.05) is 19.7 Å². The van der Waals surface area contributed by atoms with E-state index < -0.39 is 0 Å². The minimum absolute atomic E-state index is 0.0287. The first-order valence-electron chi connectivity index (χ1n) is 12.1. The standard InChI is InChI=1S/C27H29N3O5S/c1-15(2)13-29-26(32)24-16(3)34-22-11-18(6-7-19(22)24)35-21-8-9-28-20-12-23(36-25(20)21)27(33)30-10-4-5-17(30)14-31/h6-9,11-12,15,17,31H,4-5,10,13-14H2,1-3H3,(H,29,32). The normalized spacial score (nSPS) is 15.8. The molecule has 1 aliphatic rings. The molecule has 4 aromatic rings. The first kappa shape index (κ1) is 24.3. The van der Waals surface area contributed by atoms with Crippen LogP contribution in [0.15, 0.2) is 40.9 Å². The van der Waals surface area contributed by atoms with E-state index in [-0.39, 0.29) is 24.5 Å². The number of benzene rings is 1. The number of furan rings is 1. The Hall–Kier alpha value is -3.43. The van der Waals surface area contributed by atoms with Gasteiger partial charge < -0.3 is 24.5 Å². The number of likely N-dealkylation sites (tertiary alicyclic amines) is 1. The molecule has 0 radical (unpaired) electrons. The molecule has 36 heavy (non-hydrogen) atoms. The van der Waals surface area contributed by atoms with Crippen molar-refractivity contribution in [3.05, 3.63) is 52.7 Å². The smallest absolute Gasteiger partial charge is 0.264 e. The molecular formula is C27H29N3O5S. The van der Waals surface area contributed by atoms with Crippen molar-refractivity contribution in [3.8, 4) is 11.5 Å². The molecule has 1 fully saturated rings. The van der Waals surface area contributed by atoms with E-state index in [0.29, 0.717) is 57.8 Å². The second-order valence-corrected chi connectivity index (χ2v) is 10.6. The number of hydrogen-bond acceptors (Lipinski definition) is 7. The highest BCUT2D eigenvalue weighted by molar-refractivity contribution is 7.21. The number of pyridine rings is 1. The average Bonchev–Trinajstić information content (AvgIpc) is 3.58. The molecule has 2 N–H and O–H groups in total. The number of amides is 2. The highest BCUT2D eigenvalue weighted by atomic mass is 32.1. The third-order valence-corrected chi connectivity index (χ3v) is 7.53. The van der Waals surface area contributed by atoms with Crippen molar-refractivity contribution in [3.63, 3.8) is 0 Å². The number of rotatable bonds is 7. The Kier molecular flexibility index (Phi) is 6.68. The highest BCUT2D eigenvalue weighted by Gasteiger charge is 2.30.